The molecular formula is C51H103N2O6P. The fourth-order valence-corrected chi connectivity index (χ4v) is 8.58. The van der Waals surface area contributed by atoms with Crippen LogP contribution in [0, 0.1) is 0 Å². The Hall–Kier alpha value is -0.760. The molecule has 2 N–H and O–H groups in total. The van der Waals surface area contributed by atoms with Gasteiger partial charge in [-0.25, -0.2) is 0 Å². The average molecular weight is 871 g/mol. The summed E-state index contributed by atoms with van der Waals surface area (Å²) in [5, 5.41) is 14.0. The van der Waals surface area contributed by atoms with Gasteiger partial charge in [-0.05, 0) is 38.5 Å². The van der Waals surface area contributed by atoms with Crippen molar-refractivity contribution in [1.29, 1.82) is 0 Å². The zero-order chi connectivity index (χ0) is 44.3. The number of carbonyl (C=O) groups excluding carboxylic acids is 1. The van der Waals surface area contributed by atoms with Crippen molar-refractivity contribution in [2.24, 2.45) is 0 Å². The fraction of sp³-hybridized carbons (Fsp3) is 0.941. The Balaban J connectivity index is 4.18. The van der Waals surface area contributed by atoms with Gasteiger partial charge in [-0.3, -0.25) is 9.36 Å². The van der Waals surface area contributed by atoms with Gasteiger partial charge in [0.15, 0.2) is 0 Å². The van der Waals surface area contributed by atoms with E-state index < -0.39 is 20.0 Å². The van der Waals surface area contributed by atoms with Crippen LogP contribution in [0.3, 0.4) is 0 Å². The Morgan fingerprint density at radius 2 is 0.917 bits per heavy atom. The highest BCUT2D eigenvalue weighted by Gasteiger charge is 2.24. The van der Waals surface area contributed by atoms with Gasteiger partial charge in [-0.15, -0.1) is 0 Å². The van der Waals surface area contributed by atoms with Crippen molar-refractivity contribution in [3.8, 4) is 0 Å². The summed E-state index contributed by atoms with van der Waals surface area (Å²) < 4.78 is 23.3. The normalized spacial score (nSPS) is 14.2. The number of rotatable bonds is 48. The maximum absolute atomic E-state index is 12.9. The van der Waals surface area contributed by atoms with E-state index in [1.165, 1.54) is 180 Å². The van der Waals surface area contributed by atoms with Gasteiger partial charge < -0.3 is 28.8 Å². The molecule has 0 aromatic rings. The smallest absolute Gasteiger partial charge is 0.268 e. The number of hydrogen-bond donors (Lipinski definition) is 2. The summed E-state index contributed by atoms with van der Waals surface area (Å²) in [6, 6.07) is -0.801. The standard InChI is InChI=1S/C51H103N2O6P/c1-6-8-10-12-14-16-18-20-22-23-24-25-26-27-28-29-30-31-32-34-36-38-40-42-44-50(54)49(48-59-60(56,57)58-47-46-53(3,4)5)52-51(55)45-43-41-39-37-35-33-21-19-17-15-13-11-9-7-2/h19,21,49-50,54H,6-18,20,22-48H2,1-5H3,(H-,52,55,56,57)/b21-19-. The van der Waals surface area contributed by atoms with Crippen LogP contribution in [0.1, 0.15) is 258 Å². The first-order valence-corrected chi connectivity index (χ1v) is 27.5. The largest absolute Gasteiger partial charge is 0.756 e. The number of aliphatic hydroxyl groups excluding tert-OH is 1. The summed E-state index contributed by atoms with van der Waals surface area (Å²) in [5.41, 5.74) is 0. The second-order valence-corrected chi connectivity index (χ2v) is 20.6. The molecule has 0 saturated heterocycles. The topological polar surface area (TPSA) is 108 Å². The van der Waals surface area contributed by atoms with E-state index >= 15 is 0 Å². The maximum atomic E-state index is 12.9. The van der Waals surface area contributed by atoms with Crippen LogP contribution in [-0.2, 0) is 18.4 Å². The first-order chi connectivity index (χ1) is 29.0. The molecule has 0 heterocycles. The third kappa shape index (κ3) is 45.3. The lowest BCUT2D eigenvalue weighted by Gasteiger charge is -2.30. The monoisotopic (exact) mass is 871 g/mol. The number of quaternary nitrogens is 1. The van der Waals surface area contributed by atoms with Crippen molar-refractivity contribution in [2.75, 3.05) is 40.9 Å². The third-order valence-corrected chi connectivity index (χ3v) is 13.0. The van der Waals surface area contributed by atoms with Crippen LogP contribution in [0.5, 0.6) is 0 Å². The minimum absolute atomic E-state index is 0.0127. The summed E-state index contributed by atoms with van der Waals surface area (Å²) >= 11 is 0. The van der Waals surface area contributed by atoms with E-state index in [2.05, 4.69) is 31.3 Å². The number of amides is 1. The first kappa shape index (κ1) is 59.2. The lowest BCUT2D eigenvalue weighted by atomic mass is 10.0. The molecule has 3 unspecified atom stereocenters. The molecule has 358 valence electrons. The fourth-order valence-electron chi connectivity index (χ4n) is 7.86. The minimum atomic E-state index is -4.57. The highest BCUT2D eigenvalue weighted by molar-refractivity contribution is 7.45. The second kappa shape index (κ2) is 43.5. The SMILES string of the molecule is CCCCCCC/C=C\CCCCCCCC(=O)NC(COP(=O)([O-])OCC[N+](C)(C)C)C(O)CCCCCCCCCCCCCCCCCCCCCCCCCC. The van der Waals surface area contributed by atoms with E-state index in [1.54, 1.807) is 0 Å². The molecular weight excluding hydrogens is 768 g/mol. The van der Waals surface area contributed by atoms with E-state index in [0.717, 1.165) is 51.4 Å². The van der Waals surface area contributed by atoms with Crippen LogP contribution in [0.4, 0.5) is 0 Å². The summed E-state index contributed by atoms with van der Waals surface area (Å²) in [6.45, 7) is 4.73. The molecule has 0 bridgehead atoms. The van der Waals surface area contributed by atoms with Gasteiger partial charge in [0, 0.05) is 6.42 Å². The predicted octanol–water partition coefficient (Wildman–Crippen LogP) is 14.5. The number of carbonyl (C=O) groups is 1. The molecule has 8 nitrogen and oxygen atoms in total. The van der Waals surface area contributed by atoms with Gasteiger partial charge in [0.25, 0.3) is 7.82 Å². The Morgan fingerprint density at radius 1 is 0.567 bits per heavy atom. The quantitative estimate of drug-likeness (QED) is 0.0273. The zero-order valence-electron chi connectivity index (χ0n) is 40.7. The number of hydrogen-bond acceptors (Lipinski definition) is 6. The number of nitrogens with zero attached hydrogens (tertiary/aromatic N) is 1. The molecule has 0 radical (unpaired) electrons. The Labute approximate surface area is 373 Å². The van der Waals surface area contributed by atoms with Crippen LogP contribution in [0.25, 0.3) is 0 Å². The molecule has 0 fully saturated rings. The Morgan fingerprint density at radius 3 is 1.30 bits per heavy atom. The Bertz CT molecular complexity index is 989. The predicted molar refractivity (Wildman–Crippen MR) is 256 cm³/mol. The van der Waals surface area contributed by atoms with Crippen molar-refractivity contribution >= 4 is 13.7 Å². The first-order valence-electron chi connectivity index (χ1n) is 26.0. The van der Waals surface area contributed by atoms with Crippen LogP contribution in [0.15, 0.2) is 12.2 Å². The van der Waals surface area contributed by atoms with Gasteiger partial charge in [0.2, 0.25) is 5.91 Å². The second-order valence-electron chi connectivity index (χ2n) is 19.2. The van der Waals surface area contributed by atoms with Gasteiger partial charge in [-0.1, -0.05) is 225 Å². The summed E-state index contributed by atoms with van der Waals surface area (Å²) in [5.74, 6) is -0.171. The Kier molecular flexibility index (Phi) is 42.9. The van der Waals surface area contributed by atoms with Crippen molar-refractivity contribution in [3.05, 3.63) is 12.2 Å². The zero-order valence-corrected chi connectivity index (χ0v) is 41.6. The lowest BCUT2D eigenvalue weighted by Crippen LogP contribution is -2.46. The molecule has 0 aliphatic heterocycles. The van der Waals surface area contributed by atoms with E-state index in [9.17, 15) is 19.4 Å². The summed E-state index contributed by atoms with van der Waals surface area (Å²) in [6.07, 6.45) is 50.9. The molecule has 3 atom stereocenters. The summed E-state index contributed by atoms with van der Waals surface area (Å²) in [4.78, 5) is 25.4. The number of likely N-dealkylation sites (N-methyl/N-ethyl adjacent to an activating group) is 1. The number of allylic oxidation sites excluding steroid dienone is 2. The molecule has 9 heteroatoms. The van der Waals surface area contributed by atoms with E-state index in [1.807, 2.05) is 21.1 Å². The maximum Gasteiger partial charge on any atom is 0.268 e. The minimum Gasteiger partial charge on any atom is -0.756 e. The molecule has 0 spiro atoms. The van der Waals surface area contributed by atoms with E-state index in [0.29, 0.717) is 23.9 Å². The van der Waals surface area contributed by atoms with Crippen LogP contribution in [-0.4, -0.2) is 68.5 Å². The summed E-state index contributed by atoms with van der Waals surface area (Å²) in [7, 11) is 1.31. The molecule has 0 aliphatic rings. The third-order valence-electron chi connectivity index (χ3n) is 12.0. The van der Waals surface area contributed by atoms with E-state index in [4.69, 9.17) is 9.05 Å². The lowest BCUT2D eigenvalue weighted by molar-refractivity contribution is -0.870. The van der Waals surface area contributed by atoms with Crippen LogP contribution in [0.2, 0.25) is 0 Å². The molecule has 60 heavy (non-hydrogen) atoms. The number of phosphoric acid groups is 1. The van der Waals surface area contributed by atoms with Gasteiger partial charge in [-0.2, -0.15) is 0 Å². The molecule has 0 aliphatic carbocycles. The van der Waals surface area contributed by atoms with Gasteiger partial charge >= 0.3 is 0 Å². The number of nitrogens with one attached hydrogen (secondary N) is 1. The highest BCUT2D eigenvalue weighted by Crippen LogP contribution is 2.38. The molecule has 0 saturated carbocycles. The van der Waals surface area contributed by atoms with Crippen molar-refractivity contribution in [3.63, 3.8) is 0 Å². The molecule has 1 amide bonds. The van der Waals surface area contributed by atoms with Gasteiger partial charge in [0.05, 0.1) is 39.9 Å². The number of unbranched alkanes of at least 4 members (excludes halogenated alkanes) is 33. The number of phosphoric ester groups is 1. The van der Waals surface area contributed by atoms with Crippen molar-refractivity contribution < 1.29 is 32.9 Å². The van der Waals surface area contributed by atoms with Crippen molar-refractivity contribution in [2.45, 2.75) is 270 Å². The molecule has 0 aromatic carbocycles. The highest BCUT2D eigenvalue weighted by atomic mass is 31.2. The molecule has 0 aromatic heterocycles. The molecule has 0 rings (SSSR count). The average Bonchev–Trinajstić information content (AvgIpc) is 3.20. The van der Waals surface area contributed by atoms with Crippen LogP contribution < -0.4 is 10.2 Å². The van der Waals surface area contributed by atoms with Crippen LogP contribution >= 0.6 is 7.82 Å². The number of aliphatic hydroxyl groups is 1. The van der Waals surface area contributed by atoms with Crippen molar-refractivity contribution in [1.82, 2.24) is 5.32 Å². The van der Waals surface area contributed by atoms with Gasteiger partial charge in [0.1, 0.15) is 13.2 Å². The van der Waals surface area contributed by atoms with E-state index in [-0.39, 0.29) is 19.1 Å².